The highest BCUT2D eigenvalue weighted by Gasteiger charge is 2.36. The summed E-state index contributed by atoms with van der Waals surface area (Å²) in [6.07, 6.45) is 3.53. The van der Waals surface area contributed by atoms with Crippen LogP contribution in [0.5, 0.6) is 0 Å². The van der Waals surface area contributed by atoms with E-state index in [0.717, 1.165) is 0 Å². The van der Waals surface area contributed by atoms with Gasteiger partial charge in [0.05, 0.1) is 6.04 Å². The highest BCUT2D eigenvalue weighted by atomic mass is 16.2. The molecule has 5 nitrogen and oxygen atoms in total. The van der Waals surface area contributed by atoms with E-state index in [-0.39, 0.29) is 23.4 Å². The van der Waals surface area contributed by atoms with E-state index in [2.05, 4.69) is 10.3 Å². The fourth-order valence-corrected chi connectivity index (χ4v) is 2.22. The summed E-state index contributed by atoms with van der Waals surface area (Å²) in [7, 11) is 0. The Labute approximate surface area is 113 Å². The lowest BCUT2D eigenvalue weighted by Gasteiger charge is -2.32. The fourth-order valence-electron chi connectivity index (χ4n) is 2.22. The molecule has 1 N–H and O–H groups in total. The van der Waals surface area contributed by atoms with E-state index in [4.69, 9.17) is 0 Å². The maximum Gasteiger partial charge on any atom is 0.251 e. The molecule has 1 fully saturated rings. The van der Waals surface area contributed by atoms with Gasteiger partial charge < -0.3 is 10.2 Å². The van der Waals surface area contributed by atoms with E-state index in [9.17, 15) is 9.59 Å². The first-order valence-corrected chi connectivity index (χ1v) is 6.39. The first kappa shape index (κ1) is 13.5. The molecule has 1 saturated heterocycles. The van der Waals surface area contributed by atoms with Gasteiger partial charge in [0.15, 0.2) is 0 Å². The molecule has 19 heavy (non-hydrogen) atoms. The molecule has 1 aromatic rings. The van der Waals surface area contributed by atoms with Crippen LogP contribution in [-0.4, -0.2) is 39.8 Å². The molecule has 102 valence electrons. The van der Waals surface area contributed by atoms with Gasteiger partial charge in [-0.15, -0.1) is 0 Å². The van der Waals surface area contributed by atoms with E-state index >= 15 is 0 Å². The van der Waals surface area contributed by atoms with Crippen molar-refractivity contribution in [1.82, 2.24) is 15.2 Å². The van der Waals surface area contributed by atoms with E-state index in [1.54, 1.807) is 24.5 Å². The molecule has 0 aliphatic carbocycles. The van der Waals surface area contributed by atoms with Crippen LogP contribution in [0.25, 0.3) is 0 Å². The molecule has 0 saturated carbocycles. The topological polar surface area (TPSA) is 62.3 Å². The SMILES string of the molecule is CC(C)(C)N1CC(NC(=O)c2ccncc2)CC1=O. The lowest BCUT2D eigenvalue weighted by molar-refractivity contribution is -0.131. The number of nitrogens with zero attached hydrogens (tertiary/aromatic N) is 2. The zero-order valence-electron chi connectivity index (χ0n) is 11.5. The molecule has 2 rings (SSSR count). The molecular formula is C14H19N3O2. The summed E-state index contributed by atoms with van der Waals surface area (Å²) in [5, 5.41) is 2.90. The van der Waals surface area contributed by atoms with Crippen molar-refractivity contribution in [1.29, 1.82) is 0 Å². The summed E-state index contributed by atoms with van der Waals surface area (Å²) in [5.74, 6) is -0.0662. The number of nitrogens with one attached hydrogen (secondary N) is 1. The van der Waals surface area contributed by atoms with Crippen LogP contribution in [0.15, 0.2) is 24.5 Å². The van der Waals surface area contributed by atoms with Gasteiger partial charge in [0.25, 0.3) is 5.91 Å². The molecule has 0 bridgehead atoms. The normalized spacial score (nSPS) is 19.6. The standard InChI is InChI=1S/C14H19N3O2/c1-14(2,3)17-9-11(8-12(17)18)16-13(19)10-4-6-15-7-5-10/h4-7,11H,8-9H2,1-3H3,(H,16,19). The van der Waals surface area contributed by atoms with Gasteiger partial charge in [0.1, 0.15) is 0 Å². The summed E-state index contributed by atoms with van der Waals surface area (Å²) >= 11 is 0. The molecule has 1 atom stereocenters. The zero-order chi connectivity index (χ0) is 14.0. The Morgan fingerprint density at radius 3 is 2.53 bits per heavy atom. The number of pyridine rings is 1. The number of rotatable bonds is 2. The van der Waals surface area contributed by atoms with Crippen LogP contribution in [0.1, 0.15) is 37.6 Å². The van der Waals surface area contributed by atoms with E-state index in [0.29, 0.717) is 18.5 Å². The highest BCUT2D eigenvalue weighted by Crippen LogP contribution is 2.22. The number of hydrogen-bond donors (Lipinski definition) is 1. The lowest BCUT2D eigenvalue weighted by atomic mass is 10.1. The molecule has 1 aliphatic rings. The van der Waals surface area contributed by atoms with E-state index < -0.39 is 0 Å². The van der Waals surface area contributed by atoms with Crippen LogP contribution in [0.3, 0.4) is 0 Å². The summed E-state index contributed by atoms with van der Waals surface area (Å²) in [5.41, 5.74) is 0.365. The second-order valence-corrected chi connectivity index (χ2v) is 5.79. The number of carbonyl (C=O) groups excluding carboxylic acids is 2. The van der Waals surface area contributed by atoms with Crippen molar-refractivity contribution >= 4 is 11.8 Å². The summed E-state index contributed by atoms with van der Waals surface area (Å²) < 4.78 is 0. The van der Waals surface area contributed by atoms with Crippen LogP contribution in [0.2, 0.25) is 0 Å². The number of amides is 2. The van der Waals surface area contributed by atoms with Gasteiger partial charge in [-0.25, -0.2) is 0 Å². The van der Waals surface area contributed by atoms with Crippen molar-refractivity contribution < 1.29 is 9.59 Å². The summed E-state index contributed by atoms with van der Waals surface area (Å²) in [6, 6.07) is 3.20. The summed E-state index contributed by atoms with van der Waals surface area (Å²) in [4.78, 5) is 29.6. The Morgan fingerprint density at radius 2 is 2.00 bits per heavy atom. The second-order valence-electron chi connectivity index (χ2n) is 5.79. The zero-order valence-corrected chi connectivity index (χ0v) is 11.5. The third-order valence-electron chi connectivity index (χ3n) is 3.21. The third kappa shape index (κ3) is 3.10. The largest absolute Gasteiger partial charge is 0.347 e. The van der Waals surface area contributed by atoms with Gasteiger partial charge in [-0.1, -0.05) is 0 Å². The Bertz CT molecular complexity index is 479. The molecule has 0 aromatic carbocycles. The molecule has 2 amide bonds. The van der Waals surface area contributed by atoms with Crippen molar-refractivity contribution in [2.45, 2.75) is 38.8 Å². The van der Waals surface area contributed by atoms with Gasteiger partial charge in [0, 0.05) is 36.5 Å². The lowest BCUT2D eigenvalue weighted by Crippen LogP contribution is -2.44. The van der Waals surface area contributed by atoms with Gasteiger partial charge >= 0.3 is 0 Å². The predicted octanol–water partition coefficient (Wildman–Crippen LogP) is 1.21. The number of hydrogen-bond acceptors (Lipinski definition) is 3. The van der Waals surface area contributed by atoms with Crippen LogP contribution in [-0.2, 0) is 4.79 Å². The molecule has 1 aliphatic heterocycles. The molecule has 0 spiro atoms. The number of carbonyl (C=O) groups is 2. The molecule has 2 heterocycles. The fraction of sp³-hybridized carbons (Fsp3) is 0.500. The van der Waals surface area contributed by atoms with Crippen molar-refractivity contribution in [3.05, 3.63) is 30.1 Å². The third-order valence-corrected chi connectivity index (χ3v) is 3.21. The van der Waals surface area contributed by atoms with Crippen molar-refractivity contribution in [3.63, 3.8) is 0 Å². The Balaban J connectivity index is 1.99. The van der Waals surface area contributed by atoms with Crippen LogP contribution in [0.4, 0.5) is 0 Å². The van der Waals surface area contributed by atoms with Crippen molar-refractivity contribution in [3.8, 4) is 0 Å². The van der Waals surface area contributed by atoms with E-state index in [1.165, 1.54) is 0 Å². The van der Waals surface area contributed by atoms with Crippen molar-refractivity contribution in [2.75, 3.05) is 6.54 Å². The number of likely N-dealkylation sites (tertiary alicyclic amines) is 1. The van der Waals surface area contributed by atoms with Gasteiger partial charge in [-0.2, -0.15) is 0 Å². The van der Waals surface area contributed by atoms with Gasteiger partial charge in [-0.05, 0) is 32.9 Å². The molecule has 5 heteroatoms. The van der Waals surface area contributed by atoms with Crippen LogP contribution in [0, 0.1) is 0 Å². The highest BCUT2D eigenvalue weighted by molar-refractivity contribution is 5.94. The molecule has 1 unspecified atom stereocenters. The predicted molar refractivity (Wildman–Crippen MR) is 71.6 cm³/mol. The smallest absolute Gasteiger partial charge is 0.251 e. The minimum Gasteiger partial charge on any atom is -0.347 e. The first-order valence-electron chi connectivity index (χ1n) is 6.39. The van der Waals surface area contributed by atoms with Crippen LogP contribution >= 0.6 is 0 Å². The molecule has 0 radical (unpaired) electrons. The maximum absolute atomic E-state index is 12.0. The Morgan fingerprint density at radius 1 is 1.37 bits per heavy atom. The molecular weight excluding hydrogens is 242 g/mol. The quantitative estimate of drug-likeness (QED) is 0.870. The van der Waals surface area contributed by atoms with Crippen molar-refractivity contribution in [2.24, 2.45) is 0 Å². The monoisotopic (exact) mass is 261 g/mol. The van der Waals surface area contributed by atoms with E-state index in [1.807, 2.05) is 25.7 Å². The average molecular weight is 261 g/mol. The van der Waals surface area contributed by atoms with Crippen LogP contribution < -0.4 is 5.32 Å². The van der Waals surface area contributed by atoms with Gasteiger partial charge in [0.2, 0.25) is 5.91 Å². The second kappa shape index (κ2) is 4.99. The Kier molecular flexibility index (Phi) is 3.55. The minimum absolute atomic E-state index is 0.0903. The minimum atomic E-state index is -0.201. The summed E-state index contributed by atoms with van der Waals surface area (Å²) in [6.45, 7) is 6.56. The number of aromatic nitrogens is 1. The maximum atomic E-state index is 12.0. The van der Waals surface area contributed by atoms with Gasteiger partial charge in [-0.3, -0.25) is 14.6 Å². The first-order chi connectivity index (χ1) is 8.88. The Hall–Kier alpha value is -1.91. The molecule has 1 aromatic heterocycles. The average Bonchev–Trinajstić information content (AvgIpc) is 2.71.